The Bertz CT molecular complexity index is 1230. The smallest absolute Gasteiger partial charge is 0.241 e. The Morgan fingerprint density at radius 1 is 1.14 bits per heavy atom. The number of ether oxygens (including phenoxy) is 1. The van der Waals surface area contributed by atoms with Crippen LogP contribution in [0.4, 0.5) is 14.5 Å². The molecule has 2 aromatic rings. The fourth-order valence-corrected chi connectivity index (χ4v) is 8.93. The van der Waals surface area contributed by atoms with Crippen molar-refractivity contribution in [2.75, 3.05) is 24.2 Å². The number of aryl methyl sites for hydroxylation is 1. The van der Waals surface area contributed by atoms with E-state index < -0.39 is 28.5 Å². The van der Waals surface area contributed by atoms with E-state index in [-0.39, 0.29) is 41.9 Å². The number of hydrogen-bond acceptors (Lipinski definition) is 7. The summed E-state index contributed by atoms with van der Waals surface area (Å²) >= 11 is 0. The lowest BCUT2D eigenvalue weighted by molar-refractivity contribution is -0.119. The number of rotatable bonds is 8. The van der Waals surface area contributed by atoms with Crippen molar-refractivity contribution in [1.29, 1.82) is 0 Å². The lowest BCUT2D eigenvalue weighted by Crippen LogP contribution is -2.55. The Morgan fingerprint density at radius 2 is 1.83 bits per heavy atom. The van der Waals surface area contributed by atoms with E-state index in [1.165, 1.54) is 24.3 Å². The van der Waals surface area contributed by atoms with Gasteiger partial charge in [-0.25, -0.2) is 13.1 Å². The lowest BCUT2D eigenvalue weighted by Gasteiger charge is -2.49. The van der Waals surface area contributed by atoms with Crippen molar-refractivity contribution in [3.05, 3.63) is 65.2 Å². The maximum Gasteiger partial charge on any atom is 0.241 e. The molecule has 232 valence electrons. The summed E-state index contributed by atoms with van der Waals surface area (Å²) in [5, 5.41) is 6.42. The number of amides is 1. The van der Waals surface area contributed by atoms with Gasteiger partial charge >= 0.3 is 0 Å². The number of nitrogens with two attached hydrogens (primary N) is 1. The van der Waals surface area contributed by atoms with Crippen LogP contribution in [0.5, 0.6) is 0 Å². The van der Waals surface area contributed by atoms with Gasteiger partial charge in [0.2, 0.25) is 5.91 Å². The van der Waals surface area contributed by atoms with Crippen molar-refractivity contribution in [3.8, 4) is 0 Å². The summed E-state index contributed by atoms with van der Waals surface area (Å²) in [5.41, 5.74) is 8.55. The van der Waals surface area contributed by atoms with Crippen LogP contribution < -0.4 is 16.4 Å². The van der Waals surface area contributed by atoms with Crippen molar-refractivity contribution in [2.45, 2.75) is 88.6 Å². The molecule has 3 saturated heterocycles. The summed E-state index contributed by atoms with van der Waals surface area (Å²) < 4.78 is 57.6. The SMILES string of the molecule is CC1CC([C@H](c2ccc(F)cc2)[C@H](N)C(=O)Nc2cc(F)ccc2CC[C@H]2CN[C@@H]3CCCS(O)(O)N2C3)C[C@H](C)O1. The fourth-order valence-electron chi connectivity index (χ4n) is 7.07. The van der Waals surface area contributed by atoms with Crippen LogP contribution in [0.15, 0.2) is 42.5 Å². The van der Waals surface area contributed by atoms with E-state index in [9.17, 15) is 22.7 Å². The highest BCUT2D eigenvalue weighted by Crippen LogP contribution is 2.49. The number of fused-ring (bicyclic) bond motifs is 2. The molecule has 2 bridgehead atoms. The molecule has 0 radical (unpaired) electrons. The minimum atomic E-state index is -2.84. The number of piperazine rings is 1. The molecule has 8 atom stereocenters. The van der Waals surface area contributed by atoms with Gasteiger partial charge in [-0.05, 0) is 93.7 Å². The van der Waals surface area contributed by atoms with Gasteiger partial charge in [-0.3, -0.25) is 13.9 Å². The molecule has 0 aliphatic carbocycles. The van der Waals surface area contributed by atoms with Crippen molar-refractivity contribution in [1.82, 2.24) is 9.62 Å². The lowest BCUT2D eigenvalue weighted by atomic mass is 9.74. The van der Waals surface area contributed by atoms with Crippen LogP contribution >= 0.6 is 10.8 Å². The van der Waals surface area contributed by atoms with Crippen LogP contribution in [0.3, 0.4) is 0 Å². The van der Waals surface area contributed by atoms with Gasteiger partial charge in [-0.15, -0.1) is 10.8 Å². The molecule has 2 aromatic carbocycles. The summed E-state index contributed by atoms with van der Waals surface area (Å²) in [6, 6.07) is 9.65. The monoisotopic (exact) mass is 606 g/mol. The van der Waals surface area contributed by atoms with E-state index >= 15 is 0 Å². The second-order valence-corrected chi connectivity index (χ2v) is 14.4. The van der Waals surface area contributed by atoms with Crippen LogP contribution in [-0.4, -0.2) is 68.5 Å². The van der Waals surface area contributed by atoms with Crippen LogP contribution in [0.25, 0.3) is 0 Å². The summed E-state index contributed by atoms with van der Waals surface area (Å²) in [7, 11) is -2.84. The molecule has 11 heteroatoms. The predicted molar refractivity (Wildman–Crippen MR) is 162 cm³/mol. The topological polar surface area (TPSA) is 120 Å². The van der Waals surface area contributed by atoms with E-state index in [4.69, 9.17) is 10.5 Å². The number of carbonyl (C=O) groups excluding carboxylic acids is 1. The second kappa shape index (κ2) is 13.3. The third-order valence-electron chi connectivity index (χ3n) is 9.06. The molecule has 1 amide bonds. The van der Waals surface area contributed by atoms with Gasteiger partial charge in [0.1, 0.15) is 11.6 Å². The summed E-state index contributed by atoms with van der Waals surface area (Å²) in [6.45, 7) is 5.22. The molecule has 6 N–H and O–H groups in total. The first-order chi connectivity index (χ1) is 20.0. The quantitative estimate of drug-likeness (QED) is 0.278. The van der Waals surface area contributed by atoms with Crippen molar-refractivity contribution >= 4 is 22.4 Å². The number of halogens is 2. The highest BCUT2D eigenvalue weighted by molar-refractivity contribution is 8.22. The molecular weight excluding hydrogens is 562 g/mol. The van der Waals surface area contributed by atoms with E-state index in [1.807, 2.05) is 18.2 Å². The van der Waals surface area contributed by atoms with Crippen molar-refractivity contribution < 1.29 is 27.4 Å². The zero-order valence-corrected chi connectivity index (χ0v) is 25.2. The number of hydrogen-bond donors (Lipinski definition) is 5. The number of nitrogens with one attached hydrogen (secondary N) is 2. The zero-order valence-electron chi connectivity index (χ0n) is 24.3. The van der Waals surface area contributed by atoms with E-state index in [2.05, 4.69) is 10.6 Å². The van der Waals surface area contributed by atoms with Gasteiger partial charge in [0.25, 0.3) is 0 Å². The zero-order chi connectivity index (χ0) is 30.0. The predicted octanol–water partition coefficient (Wildman–Crippen LogP) is 5.25. The van der Waals surface area contributed by atoms with Crippen molar-refractivity contribution in [2.24, 2.45) is 11.7 Å². The van der Waals surface area contributed by atoms with Gasteiger partial charge in [-0.2, -0.15) is 0 Å². The van der Waals surface area contributed by atoms with Crippen LogP contribution in [0.2, 0.25) is 0 Å². The van der Waals surface area contributed by atoms with Gasteiger partial charge < -0.3 is 21.1 Å². The van der Waals surface area contributed by atoms with Crippen LogP contribution in [0.1, 0.15) is 63.0 Å². The molecule has 0 saturated carbocycles. The normalized spacial score (nSPS) is 31.4. The van der Waals surface area contributed by atoms with Crippen LogP contribution in [-0.2, 0) is 16.0 Å². The van der Waals surface area contributed by atoms with Crippen molar-refractivity contribution in [3.63, 3.8) is 0 Å². The summed E-state index contributed by atoms with van der Waals surface area (Å²) in [4.78, 5) is 13.7. The maximum absolute atomic E-state index is 14.4. The Balaban J connectivity index is 1.33. The van der Waals surface area contributed by atoms with Crippen LogP contribution in [0, 0.1) is 17.6 Å². The highest BCUT2D eigenvalue weighted by Gasteiger charge is 2.39. The Hall–Kier alpha value is -2.12. The molecule has 3 fully saturated rings. The average Bonchev–Trinajstić information content (AvgIpc) is 3.05. The molecule has 8 nitrogen and oxygen atoms in total. The first-order valence-corrected chi connectivity index (χ1v) is 16.7. The van der Waals surface area contributed by atoms with Gasteiger partial charge in [0.05, 0.1) is 24.0 Å². The first-order valence-electron chi connectivity index (χ1n) is 15.0. The Morgan fingerprint density at radius 3 is 2.55 bits per heavy atom. The van der Waals surface area contributed by atoms with Gasteiger partial charge in [0, 0.05) is 36.8 Å². The molecule has 3 aliphatic rings. The summed E-state index contributed by atoms with van der Waals surface area (Å²) in [5.74, 6) is -1.25. The molecule has 0 aromatic heterocycles. The molecule has 3 unspecified atom stereocenters. The molecular formula is C31H44F2N4O4S. The molecule has 3 aliphatic heterocycles. The second-order valence-electron chi connectivity index (χ2n) is 12.3. The standard InChI is InChI=1S/C31H44F2N4O4S/c1-19-14-23(15-20(2)41-19)29(22-6-9-24(32)10-7-22)30(34)31(38)36-28-16-25(33)11-5-21(28)8-12-27-17-35-26-4-3-13-42(39,40)37(27)18-26/h5-7,9-11,16,19-20,23,26-27,29-30,35,39-40H,3-4,8,12-15,17-18,34H2,1-2H3,(H,36,38)/t19-,20?,23?,26+,27-,29-,30-/m0/s1. The third-order valence-corrected chi connectivity index (χ3v) is 11.1. The number of carbonyl (C=O) groups is 1. The molecule has 5 rings (SSSR count). The Kier molecular flexibility index (Phi) is 9.88. The number of benzene rings is 2. The van der Waals surface area contributed by atoms with Gasteiger partial charge in [-0.1, -0.05) is 18.2 Å². The fraction of sp³-hybridized carbons (Fsp3) is 0.581. The van der Waals surface area contributed by atoms with E-state index in [0.29, 0.717) is 50.2 Å². The number of anilines is 1. The maximum atomic E-state index is 14.4. The average molecular weight is 607 g/mol. The van der Waals surface area contributed by atoms with E-state index in [1.54, 1.807) is 18.2 Å². The highest BCUT2D eigenvalue weighted by atomic mass is 32.3. The molecule has 3 heterocycles. The minimum absolute atomic E-state index is 0.000970. The third kappa shape index (κ3) is 7.32. The Labute approximate surface area is 248 Å². The van der Waals surface area contributed by atoms with E-state index in [0.717, 1.165) is 24.0 Å². The first kappa shape index (κ1) is 31.3. The largest absolute Gasteiger partial charge is 0.376 e. The number of nitrogens with zero attached hydrogens (tertiary/aromatic N) is 1. The minimum Gasteiger partial charge on any atom is -0.376 e. The molecule has 42 heavy (non-hydrogen) atoms. The van der Waals surface area contributed by atoms with Gasteiger partial charge in [0.15, 0.2) is 0 Å². The summed E-state index contributed by atoms with van der Waals surface area (Å²) in [6.07, 6.45) is 4.21. The molecule has 0 spiro atoms.